The number of rotatable bonds is 7. The largest absolute Gasteiger partial charge is 0.484 e. The molecule has 0 spiro atoms. The van der Waals surface area contributed by atoms with Crippen LogP contribution in [0.4, 0.5) is 4.39 Å². The molecule has 0 saturated heterocycles. The number of halogens is 1. The number of benzene rings is 2. The summed E-state index contributed by atoms with van der Waals surface area (Å²) in [6.07, 6.45) is 0.630. The third-order valence-electron chi connectivity index (χ3n) is 5.04. The number of aryl methyl sites for hydroxylation is 2. The quantitative estimate of drug-likeness (QED) is 0.618. The molecule has 3 aromatic rings. The van der Waals surface area contributed by atoms with Crippen LogP contribution in [-0.4, -0.2) is 24.0 Å². The summed E-state index contributed by atoms with van der Waals surface area (Å²) in [6, 6.07) is 11.1. The lowest BCUT2D eigenvalue weighted by Gasteiger charge is -2.10. The molecule has 0 fully saturated rings. The molecule has 2 aromatic carbocycles. The van der Waals surface area contributed by atoms with Crippen LogP contribution >= 0.6 is 0 Å². The minimum atomic E-state index is -0.254. The van der Waals surface area contributed by atoms with Crippen molar-refractivity contribution in [2.75, 3.05) is 13.2 Å². The first kappa shape index (κ1) is 19.9. The maximum atomic E-state index is 14.0. The maximum absolute atomic E-state index is 14.0. The van der Waals surface area contributed by atoms with Crippen LogP contribution in [0.15, 0.2) is 36.4 Å². The molecular weight excluding hydrogens is 355 g/mol. The maximum Gasteiger partial charge on any atom is 0.257 e. The van der Waals surface area contributed by atoms with E-state index in [0.29, 0.717) is 30.1 Å². The molecule has 5 heteroatoms. The summed E-state index contributed by atoms with van der Waals surface area (Å²) in [6.45, 7) is 8.61. The SMILES string of the molecule is Cc1[nH]c2c(F)ccc(C)c2c1CCNC(=O)COc1ccc(C(C)C)cc1. The van der Waals surface area contributed by atoms with Crippen LogP contribution in [0.25, 0.3) is 10.9 Å². The van der Waals surface area contributed by atoms with E-state index in [0.717, 1.165) is 22.2 Å². The van der Waals surface area contributed by atoms with Gasteiger partial charge in [0.05, 0.1) is 5.52 Å². The number of aromatic nitrogens is 1. The van der Waals surface area contributed by atoms with Crippen molar-refractivity contribution in [3.05, 3.63) is 64.6 Å². The van der Waals surface area contributed by atoms with Crippen LogP contribution < -0.4 is 10.1 Å². The summed E-state index contributed by atoms with van der Waals surface area (Å²) in [5, 5.41) is 3.79. The van der Waals surface area contributed by atoms with Gasteiger partial charge in [0.2, 0.25) is 0 Å². The first-order chi connectivity index (χ1) is 13.4. The second kappa shape index (κ2) is 8.46. The molecule has 1 amide bonds. The van der Waals surface area contributed by atoms with Crippen LogP contribution in [0.5, 0.6) is 5.75 Å². The van der Waals surface area contributed by atoms with Crippen molar-refractivity contribution < 1.29 is 13.9 Å². The minimum Gasteiger partial charge on any atom is -0.484 e. The zero-order valence-corrected chi connectivity index (χ0v) is 16.9. The van der Waals surface area contributed by atoms with E-state index in [9.17, 15) is 9.18 Å². The van der Waals surface area contributed by atoms with Gasteiger partial charge in [-0.25, -0.2) is 4.39 Å². The summed E-state index contributed by atoms with van der Waals surface area (Å²) in [7, 11) is 0. The molecule has 0 atom stereocenters. The van der Waals surface area contributed by atoms with Gasteiger partial charge in [0.1, 0.15) is 11.6 Å². The minimum absolute atomic E-state index is 0.0262. The summed E-state index contributed by atoms with van der Waals surface area (Å²) in [4.78, 5) is 15.2. The molecule has 28 heavy (non-hydrogen) atoms. The first-order valence-electron chi connectivity index (χ1n) is 9.62. The molecule has 0 aliphatic heterocycles. The van der Waals surface area contributed by atoms with Crippen molar-refractivity contribution in [1.29, 1.82) is 0 Å². The Morgan fingerprint density at radius 3 is 2.54 bits per heavy atom. The molecule has 0 aliphatic carbocycles. The zero-order chi connectivity index (χ0) is 20.3. The third-order valence-corrected chi connectivity index (χ3v) is 5.04. The molecule has 1 aromatic heterocycles. The number of carbonyl (C=O) groups excluding carboxylic acids is 1. The van der Waals surface area contributed by atoms with Crippen LogP contribution in [0.3, 0.4) is 0 Å². The second-order valence-corrected chi connectivity index (χ2v) is 7.46. The zero-order valence-electron chi connectivity index (χ0n) is 16.9. The molecular formula is C23H27FN2O2. The normalized spacial score (nSPS) is 11.2. The fraction of sp³-hybridized carbons (Fsp3) is 0.348. The highest BCUT2D eigenvalue weighted by atomic mass is 19.1. The summed E-state index contributed by atoms with van der Waals surface area (Å²) >= 11 is 0. The Balaban J connectivity index is 1.54. The van der Waals surface area contributed by atoms with Gasteiger partial charge in [-0.15, -0.1) is 0 Å². The monoisotopic (exact) mass is 382 g/mol. The lowest BCUT2D eigenvalue weighted by molar-refractivity contribution is -0.123. The van der Waals surface area contributed by atoms with E-state index >= 15 is 0 Å². The number of fused-ring (bicyclic) bond motifs is 1. The van der Waals surface area contributed by atoms with Gasteiger partial charge in [0, 0.05) is 17.6 Å². The number of aromatic amines is 1. The smallest absolute Gasteiger partial charge is 0.257 e. The lowest BCUT2D eigenvalue weighted by atomic mass is 10.0. The molecule has 4 nitrogen and oxygen atoms in total. The number of ether oxygens (including phenoxy) is 1. The Kier molecular flexibility index (Phi) is 6.02. The molecule has 3 rings (SSSR count). The van der Waals surface area contributed by atoms with Gasteiger partial charge in [-0.2, -0.15) is 0 Å². The fourth-order valence-corrected chi connectivity index (χ4v) is 3.43. The molecule has 0 radical (unpaired) electrons. The predicted octanol–water partition coefficient (Wildman–Crippen LogP) is 4.78. The number of hydrogen-bond donors (Lipinski definition) is 2. The number of carbonyl (C=O) groups is 1. The molecule has 0 bridgehead atoms. The Morgan fingerprint density at radius 1 is 1.14 bits per heavy atom. The van der Waals surface area contributed by atoms with E-state index in [-0.39, 0.29) is 18.3 Å². The second-order valence-electron chi connectivity index (χ2n) is 7.46. The van der Waals surface area contributed by atoms with Gasteiger partial charge in [-0.1, -0.05) is 32.0 Å². The van der Waals surface area contributed by atoms with Crippen molar-refractivity contribution in [2.24, 2.45) is 0 Å². The van der Waals surface area contributed by atoms with E-state index < -0.39 is 0 Å². The average molecular weight is 382 g/mol. The average Bonchev–Trinajstić information content (AvgIpc) is 3.01. The molecule has 148 valence electrons. The van der Waals surface area contributed by atoms with Crippen molar-refractivity contribution in [3.63, 3.8) is 0 Å². The Bertz CT molecular complexity index is 974. The van der Waals surface area contributed by atoms with E-state index in [1.165, 1.54) is 11.6 Å². The number of amides is 1. The van der Waals surface area contributed by atoms with Crippen molar-refractivity contribution in [1.82, 2.24) is 10.3 Å². The Morgan fingerprint density at radius 2 is 1.86 bits per heavy atom. The van der Waals surface area contributed by atoms with Gasteiger partial charge in [-0.3, -0.25) is 4.79 Å². The van der Waals surface area contributed by atoms with Gasteiger partial charge < -0.3 is 15.0 Å². The van der Waals surface area contributed by atoms with E-state index in [4.69, 9.17) is 4.74 Å². The molecule has 0 aliphatic rings. The first-order valence-corrected chi connectivity index (χ1v) is 9.62. The Labute approximate surface area is 165 Å². The third kappa shape index (κ3) is 4.35. The number of hydrogen-bond acceptors (Lipinski definition) is 2. The van der Waals surface area contributed by atoms with Gasteiger partial charge in [-0.05, 0) is 61.1 Å². The highest BCUT2D eigenvalue weighted by Crippen LogP contribution is 2.27. The van der Waals surface area contributed by atoms with Gasteiger partial charge in [0.15, 0.2) is 6.61 Å². The molecule has 2 N–H and O–H groups in total. The molecule has 0 saturated carbocycles. The van der Waals surface area contributed by atoms with Crippen LogP contribution in [0.1, 0.15) is 42.1 Å². The highest BCUT2D eigenvalue weighted by molar-refractivity contribution is 5.88. The highest BCUT2D eigenvalue weighted by Gasteiger charge is 2.14. The summed E-state index contributed by atoms with van der Waals surface area (Å²) < 4.78 is 19.6. The fourth-order valence-electron chi connectivity index (χ4n) is 3.43. The van der Waals surface area contributed by atoms with Crippen LogP contribution in [-0.2, 0) is 11.2 Å². The summed E-state index contributed by atoms with van der Waals surface area (Å²) in [5.74, 6) is 0.713. The standard InChI is InChI=1S/C23H27FN2O2/c1-14(2)17-6-8-18(9-7-17)28-13-21(27)25-12-11-19-16(4)26-23-20(24)10-5-15(3)22(19)23/h5-10,14,26H,11-13H2,1-4H3,(H,25,27). The van der Waals surface area contributed by atoms with E-state index in [1.54, 1.807) is 6.07 Å². The number of H-pyrrole nitrogens is 1. The van der Waals surface area contributed by atoms with Crippen molar-refractivity contribution in [3.8, 4) is 5.75 Å². The van der Waals surface area contributed by atoms with Gasteiger partial charge >= 0.3 is 0 Å². The van der Waals surface area contributed by atoms with Crippen molar-refractivity contribution >= 4 is 16.8 Å². The van der Waals surface area contributed by atoms with E-state index in [2.05, 4.69) is 24.1 Å². The molecule has 1 heterocycles. The van der Waals surface area contributed by atoms with Gasteiger partial charge in [0.25, 0.3) is 5.91 Å². The molecule has 0 unspecified atom stereocenters. The predicted molar refractivity (Wildman–Crippen MR) is 110 cm³/mol. The Hall–Kier alpha value is -2.82. The van der Waals surface area contributed by atoms with Crippen molar-refractivity contribution in [2.45, 2.75) is 40.0 Å². The lowest BCUT2D eigenvalue weighted by Crippen LogP contribution is -2.30. The summed E-state index contributed by atoms with van der Waals surface area (Å²) in [5.41, 5.74) is 4.76. The van der Waals surface area contributed by atoms with Crippen LogP contribution in [0.2, 0.25) is 0 Å². The van der Waals surface area contributed by atoms with Crippen LogP contribution in [0, 0.1) is 19.7 Å². The topological polar surface area (TPSA) is 54.1 Å². The van der Waals surface area contributed by atoms with E-state index in [1.807, 2.05) is 38.1 Å². The number of nitrogens with one attached hydrogen (secondary N) is 2.